The Bertz CT molecular complexity index is 992. The predicted octanol–water partition coefficient (Wildman–Crippen LogP) is 3.94. The van der Waals surface area contributed by atoms with Crippen molar-refractivity contribution in [2.75, 3.05) is 6.54 Å². The van der Waals surface area contributed by atoms with Crippen molar-refractivity contribution in [1.29, 1.82) is 0 Å². The molecule has 30 heavy (non-hydrogen) atoms. The summed E-state index contributed by atoms with van der Waals surface area (Å²) in [5.74, 6) is 0.496. The van der Waals surface area contributed by atoms with Crippen molar-refractivity contribution in [3.8, 4) is 5.75 Å². The lowest BCUT2D eigenvalue weighted by Gasteiger charge is -2.28. The van der Waals surface area contributed by atoms with Crippen LogP contribution in [0.5, 0.6) is 5.75 Å². The third-order valence-electron chi connectivity index (χ3n) is 5.11. The highest BCUT2D eigenvalue weighted by molar-refractivity contribution is 5.97. The van der Waals surface area contributed by atoms with E-state index in [-0.39, 0.29) is 36.8 Å². The highest BCUT2D eigenvalue weighted by Crippen LogP contribution is 2.20. The van der Waals surface area contributed by atoms with Crippen LogP contribution in [0.25, 0.3) is 5.65 Å². The second-order valence-electron chi connectivity index (χ2n) is 7.54. The molecule has 8 heteroatoms. The van der Waals surface area contributed by atoms with E-state index in [9.17, 15) is 4.79 Å². The first-order chi connectivity index (χ1) is 13.6. The molecule has 2 unspecified atom stereocenters. The van der Waals surface area contributed by atoms with Crippen molar-refractivity contribution in [1.82, 2.24) is 20.0 Å². The van der Waals surface area contributed by atoms with Gasteiger partial charge in [-0.05, 0) is 57.0 Å². The molecule has 6 nitrogen and oxygen atoms in total. The Balaban J connectivity index is 0.00000160. The highest BCUT2D eigenvalue weighted by Gasteiger charge is 2.22. The molecule has 1 saturated heterocycles. The first kappa shape index (κ1) is 24.0. The minimum absolute atomic E-state index is 0. The van der Waals surface area contributed by atoms with Crippen molar-refractivity contribution < 1.29 is 9.53 Å². The first-order valence-corrected chi connectivity index (χ1v) is 9.79. The van der Waals surface area contributed by atoms with Crippen molar-refractivity contribution in [2.24, 2.45) is 0 Å². The van der Waals surface area contributed by atoms with E-state index in [1.54, 1.807) is 0 Å². The van der Waals surface area contributed by atoms with Gasteiger partial charge in [-0.1, -0.05) is 18.2 Å². The summed E-state index contributed by atoms with van der Waals surface area (Å²) in [6.07, 6.45) is 5.88. The van der Waals surface area contributed by atoms with Crippen LogP contribution in [0.1, 0.15) is 41.4 Å². The zero-order valence-corrected chi connectivity index (χ0v) is 18.8. The Morgan fingerprint density at radius 3 is 2.83 bits per heavy atom. The molecule has 1 aliphatic heterocycles. The summed E-state index contributed by atoms with van der Waals surface area (Å²) in [6, 6.07) is 12.0. The van der Waals surface area contributed by atoms with Crippen LogP contribution in [0, 0.1) is 6.92 Å². The predicted molar refractivity (Wildman–Crippen MR) is 123 cm³/mol. The summed E-state index contributed by atoms with van der Waals surface area (Å²) in [6.45, 7) is 5.44. The number of nitrogens with one attached hydrogen (secondary N) is 2. The van der Waals surface area contributed by atoms with E-state index >= 15 is 0 Å². The first-order valence-electron chi connectivity index (χ1n) is 9.79. The van der Waals surface area contributed by atoms with Gasteiger partial charge < -0.3 is 19.8 Å². The van der Waals surface area contributed by atoms with Crippen LogP contribution < -0.4 is 15.4 Å². The van der Waals surface area contributed by atoms with Gasteiger partial charge in [0, 0.05) is 24.5 Å². The maximum atomic E-state index is 12.8. The number of hydrogen-bond donors (Lipinski definition) is 2. The number of carbonyl (C=O) groups excluding carboxylic acids is 1. The van der Waals surface area contributed by atoms with Crippen LogP contribution in [0.3, 0.4) is 0 Å². The van der Waals surface area contributed by atoms with E-state index in [2.05, 4.69) is 22.5 Å². The molecule has 2 aromatic heterocycles. The van der Waals surface area contributed by atoms with E-state index < -0.39 is 0 Å². The normalized spacial score (nSPS) is 18.2. The van der Waals surface area contributed by atoms with Gasteiger partial charge >= 0.3 is 0 Å². The number of nitrogens with zero attached hydrogens (tertiary/aromatic N) is 2. The van der Waals surface area contributed by atoms with Gasteiger partial charge in [-0.2, -0.15) is 0 Å². The number of piperidine rings is 1. The summed E-state index contributed by atoms with van der Waals surface area (Å²) in [5, 5.41) is 6.56. The van der Waals surface area contributed by atoms with E-state index in [1.165, 1.54) is 5.56 Å². The number of carbonyl (C=O) groups is 1. The molecule has 1 aliphatic rings. The topological polar surface area (TPSA) is 67.7 Å². The van der Waals surface area contributed by atoms with Crippen molar-refractivity contribution >= 4 is 36.4 Å². The number of aryl methyl sites for hydroxylation is 1. The summed E-state index contributed by atoms with van der Waals surface area (Å²) >= 11 is 0. The number of imidazole rings is 1. The maximum absolute atomic E-state index is 12.8. The minimum Gasteiger partial charge on any atom is -0.486 e. The van der Waals surface area contributed by atoms with Gasteiger partial charge in [-0.25, -0.2) is 4.98 Å². The smallest absolute Gasteiger partial charge is 0.255 e. The van der Waals surface area contributed by atoms with E-state index in [0.29, 0.717) is 24.0 Å². The zero-order valence-electron chi connectivity index (χ0n) is 17.1. The maximum Gasteiger partial charge on any atom is 0.255 e. The molecule has 2 N–H and O–H groups in total. The fourth-order valence-corrected chi connectivity index (χ4v) is 3.68. The minimum atomic E-state index is -0.0830. The van der Waals surface area contributed by atoms with Gasteiger partial charge in [0.1, 0.15) is 18.0 Å². The van der Waals surface area contributed by atoms with E-state index in [4.69, 9.17) is 4.74 Å². The third-order valence-corrected chi connectivity index (χ3v) is 5.11. The number of para-hydroxylation sites is 1. The Labute approximate surface area is 189 Å². The number of benzene rings is 1. The van der Waals surface area contributed by atoms with Gasteiger partial charge in [0.25, 0.3) is 5.91 Å². The largest absolute Gasteiger partial charge is 0.486 e. The molecule has 0 radical (unpaired) electrons. The molecule has 1 amide bonds. The molecular weight excluding hydrogens is 423 g/mol. The van der Waals surface area contributed by atoms with Gasteiger partial charge in [0.15, 0.2) is 0 Å². The Hall–Kier alpha value is -2.28. The molecule has 4 rings (SSSR count). The average Bonchev–Trinajstić information content (AvgIpc) is 3.08. The second-order valence-corrected chi connectivity index (χ2v) is 7.54. The monoisotopic (exact) mass is 450 g/mol. The fraction of sp³-hybridized carbons (Fsp3) is 0.364. The molecular formula is C22H28Cl2N4O2. The molecule has 3 heterocycles. The van der Waals surface area contributed by atoms with Gasteiger partial charge in [0.2, 0.25) is 0 Å². The summed E-state index contributed by atoms with van der Waals surface area (Å²) in [4.78, 5) is 17.4. The van der Waals surface area contributed by atoms with Gasteiger partial charge in [-0.3, -0.25) is 4.79 Å². The lowest BCUT2D eigenvalue weighted by Crippen LogP contribution is -2.46. The second kappa shape index (κ2) is 10.7. The van der Waals surface area contributed by atoms with Crippen molar-refractivity contribution in [3.05, 3.63) is 65.6 Å². The molecule has 3 aromatic rings. The molecule has 162 valence electrons. The molecule has 0 bridgehead atoms. The van der Waals surface area contributed by atoms with Crippen molar-refractivity contribution in [3.63, 3.8) is 0 Å². The zero-order chi connectivity index (χ0) is 19.5. The molecule has 0 saturated carbocycles. The Kier molecular flexibility index (Phi) is 8.53. The standard InChI is InChI=1S/C22H26N4O2.2ClH/c1-15-7-8-21-24-18(13-26(21)12-15)14-28-20-6-4-3-5-19(20)22(27)25-17-9-10-23-16(2)11-17;;/h3-8,12-13,16-17,23H,9-11,14H2,1-2H3,(H,25,27);2*1H. The number of aromatic nitrogens is 2. The highest BCUT2D eigenvalue weighted by atomic mass is 35.5. The third kappa shape index (κ3) is 5.65. The number of amides is 1. The van der Waals surface area contributed by atoms with Crippen LogP contribution >= 0.6 is 24.8 Å². The van der Waals surface area contributed by atoms with Gasteiger partial charge in [0.05, 0.1) is 11.3 Å². The average molecular weight is 451 g/mol. The fourth-order valence-electron chi connectivity index (χ4n) is 3.68. The lowest BCUT2D eigenvalue weighted by molar-refractivity contribution is 0.0921. The summed E-state index contributed by atoms with van der Waals surface area (Å²) in [5.41, 5.74) is 3.45. The summed E-state index contributed by atoms with van der Waals surface area (Å²) in [7, 11) is 0. The SMILES string of the molecule is Cc1ccc2nc(COc3ccccc3C(=O)NC3CCNC(C)C3)cn2c1.Cl.Cl. The van der Waals surface area contributed by atoms with Crippen molar-refractivity contribution in [2.45, 2.75) is 45.4 Å². The number of hydrogen-bond acceptors (Lipinski definition) is 4. The molecule has 1 fully saturated rings. The molecule has 1 aromatic carbocycles. The van der Waals surface area contributed by atoms with E-state index in [0.717, 1.165) is 30.7 Å². The molecule has 0 spiro atoms. The quantitative estimate of drug-likeness (QED) is 0.617. The number of pyridine rings is 1. The number of ether oxygens (including phenoxy) is 1. The van der Waals surface area contributed by atoms with Gasteiger partial charge in [-0.15, -0.1) is 24.8 Å². The summed E-state index contributed by atoms with van der Waals surface area (Å²) < 4.78 is 7.96. The van der Waals surface area contributed by atoms with Crippen LogP contribution in [0.4, 0.5) is 0 Å². The molecule has 2 atom stereocenters. The van der Waals surface area contributed by atoms with Crippen LogP contribution in [0.15, 0.2) is 48.8 Å². The van der Waals surface area contributed by atoms with Crippen LogP contribution in [0.2, 0.25) is 0 Å². The lowest BCUT2D eigenvalue weighted by atomic mass is 10.00. The number of rotatable bonds is 5. The molecule has 0 aliphatic carbocycles. The van der Waals surface area contributed by atoms with Crippen LogP contribution in [-0.2, 0) is 6.61 Å². The Morgan fingerprint density at radius 2 is 2.03 bits per heavy atom. The number of fused-ring (bicyclic) bond motifs is 1. The van der Waals surface area contributed by atoms with E-state index in [1.807, 2.05) is 60.1 Å². The van der Waals surface area contributed by atoms with Crippen LogP contribution in [-0.4, -0.2) is 33.9 Å². The number of halogens is 2. The Morgan fingerprint density at radius 1 is 1.23 bits per heavy atom.